The Balaban J connectivity index is 1.37. The molecule has 0 spiro atoms. The molecule has 0 N–H and O–H groups in total. The van der Waals surface area contributed by atoms with Gasteiger partial charge < -0.3 is 14.5 Å². The predicted octanol–water partition coefficient (Wildman–Crippen LogP) is 3.86. The predicted molar refractivity (Wildman–Crippen MR) is 133 cm³/mol. The van der Waals surface area contributed by atoms with E-state index in [0.717, 1.165) is 17.9 Å². The number of ether oxygens (including phenoxy) is 1. The van der Waals surface area contributed by atoms with Gasteiger partial charge in [0, 0.05) is 32.2 Å². The Hall–Kier alpha value is -3.62. The smallest absolute Gasteiger partial charge is 0.294 e. The molecule has 0 aromatic heterocycles. The lowest BCUT2D eigenvalue weighted by molar-refractivity contribution is -0.384. The molecule has 2 aromatic carbocycles. The lowest BCUT2D eigenvalue weighted by Crippen LogP contribution is -2.46. The van der Waals surface area contributed by atoms with E-state index in [-0.39, 0.29) is 29.3 Å². The van der Waals surface area contributed by atoms with E-state index < -0.39 is 4.92 Å². The van der Waals surface area contributed by atoms with Gasteiger partial charge >= 0.3 is 0 Å². The molecule has 184 valence electrons. The number of piperazine rings is 1. The number of fused-ring (bicyclic) bond motifs is 1. The van der Waals surface area contributed by atoms with Crippen LogP contribution in [0.25, 0.3) is 0 Å². The molecule has 2 heterocycles. The van der Waals surface area contributed by atoms with Gasteiger partial charge in [-0.05, 0) is 49.4 Å². The number of carbonyl (C=O) groups excluding carboxylic acids is 2. The van der Waals surface area contributed by atoms with Gasteiger partial charge in [-0.1, -0.05) is 19.1 Å². The molecule has 0 unspecified atom stereocenters. The first-order chi connectivity index (χ1) is 16.9. The average molecular weight is 479 g/mol. The molecule has 1 aliphatic carbocycles. The van der Waals surface area contributed by atoms with Crippen LogP contribution >= 0.6 is 0 Å². The van der Waals surface area contributed by atoms with Crippen LogP contribution in [0.5, 0.6) is 5.75 Å². The zero-order valence-electron chi connectivity index (χ0n) is 20.1. The SMILES string of the molecule is COc1ccccc1N1CCN(c2ccc(N3C(=O)[C@@H]4CC[C@H](C)C[C@H]4C3=O)cc2[N+](=O)[O-])CC1. The Morgan fingerprint density at radius 3 is 2.26 bits per heavy atom. The second kappa shape index (κ2) is 9.20. The number of nitro groups is 1. The lowest BCUT2D eigenvalue weighted by Gasteiger charge is -2.37. The molecule has 9 heteroatoms. The number of carbonyl (C=O) groups is 2. The number of amides is 2. The Bertz CT molecular complexity index is 1160. The quantitative estimate of drug-likeness (QED) is 0.366. The van der Waals surface area contributed by atoms with Crippen molar-refractivity contribution < 1.29 is 19.2 Å². The summed E-state index contributed by atoms with van der Waals surface area (Å²) in [6.45, 7) is 4.67. The van der Waals surface area contributed by atoms with Crippen molar-refractivity contribution in [3.05, 3.63) is 52.6 Å². The third-order valence-corrected chi connectivity index (χ3v) is 7.65. The second-order valence-corrected chi connectivity index (χ2v) is 9.72. The molecule has 3 fully saturated rings. The maximum atomic E-state index is 13.1. The van der Waals surface area contributed by atoms with E-state index in [9.17, 15) is 19.7 Å². The molecule has 2 aliphatic heterocycles. The fourth-order valence-corrected chi connectivity index (χ4v) is 5.79. The summed E-state index contributed by atoms with van der Waals surface area (Å²) >= 11 is 0. The van der Waals surface area contributed by atoms with Crippen molar-refractivity contribution in [1.82, 2.24) is 0 Å². The van der Waals surface area contributed by atoms with Gasteiger partial charge in [-0.2, -0.15) is 0 Å². The summed E-state index contributed by atoms with van der Waals surface area (Å²) in [4.78, 5) is 43.1. The van der Waals surface area contributed by atoms with Gasteiger partial charge in [-0.15, -0.1) is 0 Å². The number of benzene rings is 2. The van der Waals surface area contributed by atoms with E-state index in [0.29, 0.717) is 56.3 Å². The Morgan fingerprint density at radius 1 is 0.914 bits per heavy atom. The maximum Gasteiger partial charge on any atom is 0.294 e. The number of rotatable bonds is 5. The van der Waals surface area contributed by atoms with Crippen LogP contribution < -0.4 is 19.4 Å². The van der Waals surface area contributed by atoms with Crippen LogP contribution in [0.2, 0.25) is 0 Å². The Morgan fingerprint density at radius 2 is 1.57 bits per heavy atom. The molecule has 2 amide bonds. The van der Waals surface area contributed by atoms with Crippen LogP contribution in [-0.2, 0) is 9.59 Å². The molecule has 1 saturated carbocycles. The highest BCUT2D eigenvalue weighted by Gasteiger charge is 2.50. The third-order valence-electron chi connectivity index (χ3n) is 7.65. The first-order valence-corrected chi connectivity index (χ1v) is 12.2. The van der Waals surface area contributed by atoms with Crippen molar-refractivity contribution in [2.24, 2.45) is 17.8 Å². The molecule has 9 nitrogen and oxygen atoms in total. The molecular weight excluding hydrogens is 448 g/mol. The molecular formula is C26H30N4O5. The highest BCUT2D eigenvalue weighted by molar-refractivity contribution is 6.22. The van der Waals surface area contributed by atoms with Gasteiger partial charge in [0.25, 0.3) is 5.69 Å². The van der Waals surface area contributed by atoms with Crippen LogP contribution in [0, 0.1) is 27.9 Å². The van der Waals surface area contributed by atoms with E-state index in [1.807, 2.05) is 29.2 Å². The number of methoxy groups -OCH3 is 1. The first kappa shape index (κ1) is 23.1. The summed E-state index contributed by atoms with van der Waals surface area (Å²) in [6, 6.07) is 12.6. The van der Waals surface area contributed by atoms with Crippen LogP contribution in [-0.4, -0.2) is 50.0 Å². The van der Waals surface area contributed by atoms with Crippen molar-refractivity contribution in [3.63, 3.8) is 0 Å². The van der Waals surface area contributed by atoms with Gasteiger partial charge in [0.1, 0.15) is 11.4 Å². The van der Waals surface area contributed by atoms with Crippen LogP contribution in [0.15, 0.2) is 42.5 Å². The summed E-state index contributed by atoms with van der Waals surface area (Å²) in [7, 11) is 1.64. The number of imide groups is 1. The number of para-hydroxylation sites is 2. The van der Waals surface area contributed by atoms with Crippen LogP contribution in [0.1, 0.15) is 26.2 Å². The molecule has 35 heavy (non-hydrogen) atoms. The molecule has 3 aliphatic rings. The van der Waals surface area contributed by atoms with Crippen molar-refractivity contribution in [1.29, 1.82) is 0 Å². The molecule has 0 bridgehead atoms. The minimum absolute atomic E-state index is 0.0860. The molecule has 2 saturated heterocycles. The number of hydrogen-bond donors (Lipinski definition) is 0. The maximum absolute atomic E-state index is 13.1. The fraction of sp³-hybridized carbons (Fsp3) is 0.462. The van der Waals surface area contributed by atoms with Crippen molar-refractivity contribution in [2.75, 3.05) is 48.0 Å². The Kier molecular flexibility index (Phi) is 6.08. The summed E-state index contributed by atoms with van der Waals surface area (Å²) in [5.74, 6) is 0.136. The molecule has 0 radical (unpaired) electrons. The Labute approximate surface area is 204 Å². The molecule has 5 rings (SSSR count). The van der Waals surface area contributed by atoms with E-state index >= 15 is 0 Å². The van der Waals surface area contributed by atoms with Gasteiger partial charge in [0.15, 0.2) is 0 Å². The van der Waals surface area contributed by atoms with Gasteiger partial charge in [-0.25, -0.2) is 4.90 Å². The highest BCUT2D eigenvalue weighted by Crippen LogP contribution is 2.43. The molecule has 3 atom stereocenters. The number of anilines is 3. The number of nitrogens with zero attached hydrogens (tertiary/aromatic N) is 4. The number of nitro benzene ring substituents is 1. The topological polar surface area (TPSA) is 96.2 Å². The van der Waals surface area contributed by atoms with Crippen LogP contribution in [0.4, 0.5) is 22.7 Å². The minimum atomic E-state index is -0.425. The highest BCUT2D eigenvalue weighted by atomic mass is 16.6. The lowest BCUT2D eigenvalue weighted by atomic mass is 9.76. The molecule has 2 aromatic rings. The third kappa shape index (κ3) is 4.09. The zero-order chi connectivity index (χ0) is 24.7. The second-order valence-electron chi connectivity index (χ2n) is 9.72. The van der Waals surface area contributed by atoms with Crippen LogP contribution in [0.3, 0.4) is 0 Å². The summed E-state index contributed by atoms with van der Waals surface area (Å²) < 4.78 is 5.48. The van der Waals surface area contributed by atoms with Gasteiger partial charge in [0.2, 0.25) is 11.8 Å². The minimum Gasteiger partial charge on any atom is -0.495 e. The van der Waals surface area contributed by atoms with Crippen molar-refractivity contribution in [3.8, 4) is 5.75 Å². The normalized spacial score (nSPS) is 24.5. The largest absolute Gasteiger partial charge is 0.495 e. The van der Waals surface area contributed by atoms with E-state index in [2.05, 4.69) is 11.8 Å². The fourth-order valence-electron chi connectivity index (χ4n) is 5.79. The summed E-state index contributed by atoms with van der Waals surface area (Å²) in [5.41, 5.74) is 1.71. The first-order valence-electron chi connectivity index (χ1n) is 12.2. The summed E-state index contributed by atoms with van der Waals surface area (Å²) in [6.07, 6.45) is 2.32. The van der Waals surface area contributed by atoms with E-state index in [1.165, 1.54) is 11.0 Å². The van der Waals surface area contributed by atoms with Gasteiger partial charge in [-0.3, -0.25) is 19.7 Å². The van der Waals surface area contributed by atoms with Gasteiger partial charge in [0.05, 0.1) is 35.2 Å². The number of hydrogen-bond acceptors (Lipinski definition) is 7. The van der Waals surface area contributed by atoms with E-state index in [1.54, 1.807) is 19.2 Å². The van der Waals surface area contributed by atoms with Crippen molar-refractivity contribution >= 4 is 34.6 Å². The standard InChI is InChI=1S/C26H30N4O5/c1-17-7-9-19-20(15-17)26(32)29(25(19)31)18-8-10-21(23(16-18)30(33)34)27-11-13-28(14-12-27)22-5-3-4-6-24(22)35-2/h3-6,8,10,16-17,19-20H,7,9,11-15H2,1-2H3/t17-,19+,20+/m0/s1. The van der Waals surface area contributed by atoms with Crippen molar-refractivity contribution in [2.45, 2.75) is 26.2 Å². The average Bonchev–Trinajstić information content (AvgIpc) is 3.12. The summed E-state index contributed by atoms with van der Waals surface area (Å²) in [5, 5.41) is 12.0. The van der Waals surface area contributed by atoms with E-state index in [4.69, 9.17) is 4.74 Å². The zero-order valence-corrected chi connectivity index (χ0v) is 20.1. The monoisotopic (exact) mass is 478 g/mol.